The van der Waals surface area contributed by atoms with Crippen LogP contribution in [-0.2, 0) is 6.18 Å². The first kappa shape index (κ1) is 24.8. The maximum Gasteiger partial charge on any atom is 0.416 e. The van der Waals surface area contributed by atoms with Crippen molar-refractivity contribution in [1.29, 1.82) is 0 Å². The topological polar surface area (TPSA) is 88.7 Å². The van der Waals surface area contributed by atoms with E-state index in [9.17, 15) is 23.1 Å². The van der Waals surface area contributed by atoms with Crippen LogP contribution in [0.1, 0.15) is 16.7 Å². The van der Waals surface area contributed by atoms with Gasteiger partial charge in [-0.15, -0.1) is 0 Å². The molecule has 0 unspecified atom stereocenters. The molecule has 0 saturated carbocycles. The van der Waals surface area contributed by atoms with Gasteiger partial charge in [0.15, 0.2) is 0 Å². The van der Waals surface area contributed by atoms with E-state index in [1.807, 2.05) is 19.1 Å². The van der Waals surface area contributed by atoms with Crippen LogP contribution < -0.4 is 15.7 Å². The number of hydrazone groups is 1. The van der Waals surface area contributed by atoms with Crippen LogP contribution in [0.4, 0.5) is 19.0 Å². The van der Waals surface area contributed by atoms with Gasteiger partial charge >= 0.3 is 6.18 Å². The van der Waals surface area contributed by atoms with Crippen LogP contribution in [0.2, 0.25) is 0 Å². The van der Waals surface area contributed by atoms with Crippen LogP contribution in [0.5, 0.6) is 11.6 Å². The van der Waals surface area contributed by atoms with Gasteiger partial charge in [-0.3, -0.25) is 10.2 Å². The molecule has 0 fully saturated rings. The third-order valence-corrected chi connectivity index (χ3v) is 6.13. The van der Waals surface area contributed by atoms with Crippen LogP contribution in [0.15, 0.2) is 82.7 Å². The van der Waals surface area contributed by atoms with E-state index in [1.54, 1.807) is 37.4 Å². The fraction of sp³-hybridized carbons (Fsp3) is 0.107. The van der Waals surface area contributed by atoms with Gasteiger partial charge in [-0.25, -0.2) is 9.55 Å². The maximum absolute atomic E-state index is 13.3. The molecule has 0 atom stereocenters. The SMILES string of the molecule is COc1ccc2c(C)cc(NN=Cc3c(O)n(-c4cccc(C(F)(F)F)c4)c(=O)c4ccccc34)nc2c1. The third kappa shape index (κ3) is 4.52. The second-order valence-corrected chi connectivity index (χ2v) is 8.55. The molecule has 0 aliphatic carbocycles. The van der Waals surface area contributed by atoms with Crippen molar-refractivity contribution in [2.24, 2.45) is 5.10 Å². The number of benzene rings is 3. The monoisotopic (exact) mass is 518 g/mol. The molecule has 10 heteroatoms. The maximum atomic E-state index is 13.3. The quantitative estimate of drug-likeness (QED) is 0.219. The lowest BCUT2D eigenvalue weighted by atomic mass is 10.1. The van der Waals surface area contributed by atoms with Crippen LogP contribution in [0.25, 0.3) is 27.4 Å². The van der Waals surface area contributed by atoms with Gasteiger partial charge in [0.2, 0.25) is 5.88 Å². The molecular weight excluding hydrogens is 497 g/mol. The van der Waals surface area contributed by atoms with E-state index < -0.39 is 23.2 Å². The fourth-order valence-electron chi connectivity index (χ4n) is 4.28. The molecule has 5 rings (SSSR count). The molecule has 3 aromatic carbocycles. The van der Waals surface area contributed by atoms with Crippen molar-refractivity contribution < 1.29 is 23.0 Å². The Hall–Kier alpha value is -4.86. The second-order valence-electron chi connectivity index (χ2n) is 8.55. The Morgan fingerprint density at radius 2 is 1.76 bits per heavy atom. The zero-order chi connectivity index (χ0) is 27.0. The summed E-state index contributed by atoms with van der Waals surface area (Å²) in [5.74, 6) is 0.527. The highest BCUT2D eigenvalue weighted by molar-refractivity contribution is 6.02. The van der Waals surface area contributed by atoms with Crippen molar-refractivity contribution in [1.82, 2.24) is 9.55 Å². The highest BCUT2D eigenvalue weighted by atomic mass is 19.4. The van der Waals surface area contributed by atoms with E-state index in [2.05, 4.69) is 15.5 Å². The number of rotatable bonds is 5. The molecule has 2 N–H and O–H groups in total. The van der Waals surface area contributed by atoms with Crippen molar-refractivity contribution in [3.8, 4) is 17.3 Å². The molecule has 5 aromatic rings. The number of nitrogens with zero attached hydrogens (tertiary/aromatic N) is 3. The molecule has 0 aliphatic rings. The minimum absolute atomic E-state index is 0.128. The summed E-state index contributed by atoms with van der Waals surface area (Å²) in [6, 6.07) is 18.0. The minimum atomic E-state index is -4.62. The van der Waals surface area contributed by atoms with Crippen LogP contribution in [0.3, 0.4) is 0 Å². The van der Waals surface area contributed by atoms with E-state index in [0.29, 0.717) is 22.5 Å². The number of aryl methyl sites for hydroxylation is 1. The Labute approximate surface area is 214 Å². The lowest BCUT2D eigenvalue weighted by Crippen LogP contribution is -2.20. The summed E-state index contributed by atoms with van der Waals surface area (Å²) in [4.78, 5) is 17.8. The second kappa shape index (κ2) is 9.55. The van der Waals surface area contributed by atoms with Crippen molar-refractivity contribution in [2.45, 2.75) is 13.1 Å². The van der Waals surface area contributed by atoms with Gasteiger partial charge in [-0.2, -0.15) is 18.3 Å². The lowest BCUT2D eigenvalue weighted by Gasteiger charge is -2.15. The first-order chi connectivity index (χ1) is 18.2. The fourth-order valence-corrected chi connectivity index (χ4v) is 4.28. The van der Waals surface area contributed by atoms with Gasteiger partial charge in [-0.05, 0) is 55.0 Å². The first-order valence-electron chi connectivity index (χ1n) is 11.5. The van der Waals surface area contributed by atoms with Gasteiger partial charge in [0.1, 0.15) is 11.6 Å². The number of methoxy groups -OCH3 is 1. The number of aromatic nitrogens is 2. The summed E-state index contributed by atoms with van der Waals surface area (Å²) in [5.41, 5.74) is 2.87. The van der Waals surface area contributed by atoms with Crippen LogP contribution in [-0.4, -0.2) is 28.0 Å². The molecule has 0 spiro atoms. The number of nitrogens with one attached hydrogen (secondary N) is 1. The molecule has 192 valence electrons. The number of alkyl halides is 3. The molecule has 0 bridgehead atoms. The summed E-state index contributed by atoms with van der Waals surface area (Å²) in [7, 11) is 1.57. The molecule has 0 radical (unpaired) electrons. The van der Waals surface area contributed by atoms with Crippen molar-refractivity contribution in [3.63, 3.8) is 0 Å². The van der Waals surface area contributed by atoms with Crippen molar-refractivity contribution in [2.75, 3.05) is 12.5 Å². The molecule has 0 saturated heterocycles. The molecule has 38 heavy (non-hydrogen) atoms. The number of fused-ring (bicyclic) bond motifs is 2. The van der Waals surface area contributed by atoms with Gasteiger partial charge in [0.05, 0.1) is 35.7 Å². The molecule has 2 heterocycles. The zero-order valence-electron chi connectivity index (χ0n) is 20.2. The van der Waals surface area contributed by atoms with E-state index in [0.717, 1.165) is 27.6 Å². The lowest BCUT2D eigenvalue weighted by molar-refractivity contribution is -0.137. The molecule has 7 nitrogen and oxygen atoms in total. The Balaban J connectivity index is 1.59. The van der Waals surface area contributed by atoms with E-state index in [-0.39, 0.29) is 16.6 Å². The molecular formula is C28H21F3N4O3. The smallest absolute Gasteiger partial charge is 0.416 e. The summed E-state index contributed by atoms with van der Waals surface area (Å²) in [5, 5.41) is 16.8. The Bertz CT molecular complexity index is 1780. The highest BCUT2D eigenvalue weighted by Gasteiger charge is 2.31. The average molecular weight is 518 g/mol. The normalized spacial score (nSPS) is 11.9. The van der Waals surface area contributed by atoms with Gasteiger partial charge in [0.25, 0.3) is 5.56 Å². The number of anilines is 1. The number of halogens is 3. The number of pyridine rings is 2. The highest BCUT2D eigenvalue weighted by Crippen LogP contribution is 2.32. The third-order valence-electron chi connectivity index (χ3n) is 6.13. The largest absolute Gasteiger partial charge is 0.497 e. The first-order valence-corrected chi connectivity index (χ1v) is 11.5. The summed E-state index contributed by atoms with van der Waals surface area (Å²) < 4.78 is 46.1. The number of aromatic hydroxyl groups is 1. The van der Waals surface area contributed by atoms with Gasteiger partial charge in [0, 0.05) is 22.2 Å². The number of hydrogen-bond acceptors (Lipinski definition) is 6. The number of hydrogen-bond donors (Lipinski definition) is 2. The van der Waals surface area contributed by atoms with E-state index in [4.69, 9.17) is 4.74 Å². The Morgan fingerprint density at radius 1 is 1.00 bits per heavy atom. The summed E-state index contributed by atoms with van der Waals surface area (Å²) in [6.07, 6.45) is -3.32. The van der Waals surface area contributed by atoms with Gasteiger partial charge in [-0.1, -0.05) is 24.3 Å². The van der Waals surface area contributed by atoms with Gasteiger partial charge < -0.3 is 9.84 Å². The van der Waals surface area contributed by atoms with E-state index >= 15 is 0 Å². The Morgan fingerprint density at radius 3 is 2.50 bits per heavy atom. The van der Waals surface area contributed by atoms with Crippen molar-refractivity contribution in [3.05, 3.63) is 99.8 Å². The molecule has 2 aromatic heterocycles. The number of ether oxygens (including phenoxy) is 1. The molecule has 0 amide bonds. The Kier molecular flexibility index (Phi) is 6.23. The predicted molar refractivity (Wildman–Crippen MR) is 140 cm³/mol. The van der Waals surface area contributed by atoms with Crippen LogP contribution in [0, 0.1) is 6.92 Å². The summed E-state index contributed by atoms with van der Waals surface area (Å²) in [6.45, 7) is 1.93. The molecule has 0 aliphatic heterocycles. The van der Waals surface area contributed by atoms with E-state index in [1.165, 1.54) is 24.4 Å². The minimum Gasteiger partial charge on any atom is -0.497 e. The van der Waals surface area contributed by atoms with Crippen LogP contribution >= 0.6 is 0 Å². The zero-order valence-corrected chi connectivity index (χ0v) is 20.2. The standard InChI is InChI=1S/C28H21F3N4O3/c1-16-12-25(33-24-14-19(38-2)10-11-20(16)24)34-32-15-23-21-8-3-4-9-22(21)26(36)35(27(23)37)18-7-5-6-17(13-18)28(29,30)31/h3-15,37H,1-2H3,(H,33,34). The summed E-state index contributed by atoms with van der Waals surface area (Å²) >= 11 is 0. The average Bonchev–Trinajstić information content (AvgIpc) is 2.90. The van der Waals surface area contributed by atoms with Crippen molar-refractivity contribution >= 4 is 33.7 Å². The predicted octanol–water partition coefficient (Wildman–Crippen LogP) is 6.03.